The molecule has 42 heavy (non-hydrogen) atoms. The number of methoxy groups -OCH3 is 1. The molecule has 9 nitrogen and oxygen atoms in total. The average molecular weight is 565 g/mol. The van der Waals surface area contributed by atoms with Crippen molar-refractivity contribution in [1.29, 1.82) is 0 Å². The number of imidazole rings is 1. The van der Waals surface area contributed by atoms with E-state index in [1.54, 1.807) is 7.11 Å². The lowest BCUT2D eigenvalue weighted by atomic mass is 10.0. The second-order valence-corrected chi connectivity index (χ2v) is 12.5. The van der Waals surface area contributed by atoms with Crippen LogP contribution in [-0.2, 0) is 13.6 Å². The molecule has 2 N–H and O–H groups in total. The quantitative estimate of drug-likeness (QED) is 0.294. The molecule has 1 saturated heterocycles. The topological polar surface area (TPSA) is 104 Å². The Kier molecular flexibility index (Phi) is 5.60. The second-order valence-electron chi connectivity index (χ2n) is 12.5. The molecule has 8 rings (SSSR count). The van der Waals surface area contributed by atoms with Gasteiger partial charge in [-0.3, -0.25) is 4.79 Å². The number of aromatic nitrogens is 4. The minimum absolute atomic E-state index is 0.0137. The van der Waals surface area contributed by atoms with E-state index >= 15 is 0 Å². The molecule has 5 aromatic rings. The molecule has 2 aliphatic carbocycles. The normalized spacial score (nSPS) is 21.7. The molecule has 2 aromatic carbocycles. The van der Waals surface area contributed by atoms with E-state index in [1.165, 1.54) is 18.4 Å². The van der Waals surface area contributed by atoms with Gasteiger partial charge in [-0.2, -0.15) is 0 Å². The molecule has 2 bridgehead atoms. The van der Waals surface area contributed by atoms with Crippen molar-refractivity contribution >= 4 is 27.8 Å². The van der Waals surface area contributed by atoms with Gasteiger partial charge >= 0.3 is 0 Å². The van der Waals surface area contributed by atoms with Crippen LogP contribution in [0, 0.1) is 25.7 Å². The molecule has 3 aromatic heterocycles. The van der Waals surface area contributed by atoms with Crippen molar-refractivity contribution in [3.05, 3.63) is 53.4 Å². The summed E-state index contributed by atoms with van der Waals surface area (Å²) >= 11 is 0. The first-order valence-electron chi connectivity index (χ1n) is 15.0. The molecule has 2 saturated carbocycles. The molecular weight excluding hydrogens is 528 g/mol. The lowest BCUT2D eigenvalue weighted by Crippen LogP contribution is -2.41. The van der Waals surface area contributed by atoms with Crippen LogP contribution in [0.15, 0.2) is 40.9 Å². The fraction of sp³-hybridized carbons (Fsp3) is 0.424. The number of amides is 1. The minimum Gasteiger partial charge on any atom is -0.494 e. The van der Waals surface area contributed by atoms with Crippen molar-refractivity contribution in [1.82, 2.24) is 24.2 Å². The van der Waals surface area contributed by atoms with Gasteiger partial charge in [0.05, 0.1) is 24.0 Å². The van der Waals surface area contributed by atoms with Crippen LogP contribution in [-0.4, -0.2) is 55.8 Å². The van der Waals surface area contributed by atoms with Crippen molar-refractivity contribution in [2.45, 2.75) is 58.2 Å². The van der Waals surface area contributed by atoms with E-state index in [4.69, 9.17) is 20.0 Å². The summed E-state index contributed by atoms with van der Waals surface area (Å²) in [6.45, 7) is 5.61. The smallest absolute Gasteiger partial charge is 0.254 e. The van der Waals surface area contributed by atoms with Crippen LogP contribution in [0.25, 0.3) is 44.6 Å². The lowest BCUT2D eigenvalue weighted by molar-refractivity contribution is 0.0700. The predicted molar refractivity (Wildman–Crippen MR) is 161 cm³/mol. The molecule has 3 fully saturated rings. The summed E-state index contributed by atoms with van der Waals surface area (Å²) < 4.78 is 15.8. The van der Waals surface area contributed by atoms with Crippen molar-refractivity contribution in [3.63, 3.8) is 0 Å². The second kappa shape index (κ2) is 9.19. The third kappa shape index (κ3) is 3.75. The number of hydrogen-bond acceptors (Lipinski definition) is 6. The Morgan fingerprint density at radius 3 is 2.62 bits per heavy atom. The van der Waals surface area contributed by atoms with Gasteiger partial charge in [-0.25, -0.2) is 4.98 Å². The summed E-state index contributed by atoms with van der Waals surface area (Å²) in [7, 11) is 3.69. The number of carbonyl (C=O) groups is 1. The van der Waals surface area contributed by atoms with Crippen LogP contribution in [0.4, 0.5) is 0 Å². The zero-order valence-corrected chi connectivity index (χ0v) is 24.6. The summed E-state index contributed by atoms with van der Waals surface area (Å²) in [5, 5.41) is 5.34. The van der Waals surface area contributed by atoms with Crippen LogP contribution in [0.3, 0.4) is 0 Å². The largest absolute Gasteiger partial charge is 0.494 e. The monoisotopic (exact) mass is 564 g/mol. The van der Waals surface area contributed by atoms with E-state index in [-0.39, 0.29) is 18.0 Å². The summed E-state index contributed by atoms with van der Waals surface area (Å²) in [5.74, 6) is 3.40. The summed E-state index contributed by atoms with van der Waals surface area (Å²) in [6, 6.07) is 12.8. The van der Waals surface area contributed by atoms with E-state index in [9.17, 15) is 4.79 Å². The standard InChI is InChI=1S/C33H36N6O3/c1-17-29(18(2)42-36-17)21-8-7-20-12-27(38(26(20)13-21)15-19-5-6-19)32-35-24-11-23(14-28(41-4)31(24)37(32)3)33(40)39-16-22-9-10-25(39)30(22)34/h7-8,11-14,19,22,25,30H,5-6,9-10,15-16,34H2,1-4H3/t22-,25-,30-/m1/s1. The van der Waals surface area contributed by atoms with E-state index in [1.807, 2.05) is 37.9 Å². The van der Waals surface area contributed by atoms with Gasteiger partial charge in [0, 0.05) is 54.3 Å². The van der Waals surface area contributed by atoms with Gasteiger partial charge in [-0.1, -0.05) is 17.3 Å². The summed E-state index contributed by atoms with van der Waals surface area (Å²) in [4.78, 5) is 20.8. The first-order chi connectivity index (χ1) is 20.3. The summed E-state index contributed by atoms with van der Waals surface area (Å²) in [5.41, 5.74) is 13.9. The lowest BCUT2D eigenvalue weighted by Gasteiger charge is -2.27. The first-order valence-corrected chi connectivity index (χ1v) is 15.0. The number of ether oxygens (including phenoxy) is 1. The van der Waals surface area contributed by atoms with Gasteiger partial charge in [-0.15, -0.1) is 0 Å². The number of aryl methyl sites for hydroxylation is 3. The van der Waals surface area contributed by atoms with Crippen molar-refractivity contribution < 1.29 is 14.1 Å². The zero-order valence-electron chi connectivity index (χ0n) is 24.6. The minimum atomic E-state index is 0.0137. The Morgan fingerprint density at radius 2 is 1.95 bits per heavy atom. The van der Waals surface area contributed by atoms with Crippen molar-refractivity contribution in [2.24, 2.45) is 24.6 Å². The van der Waals surface area contributed by atoms with Crippen LogP contribution in [0.1, 0.15) is 47.5 Å². The highest BCUT2D eigenvalue weighted by Gasteiger charge is 2.47. The Morgan fingerprint density at radius 1 is 1.12 bits per heavy atom. The number of likely N-dealkylation sites (tertiary alicyclic amines) is 1. The molecule has 3 aliphatic rings. The molecule has 0 unspecified atom stereocenters. The molecule has 9 heteroatoms. The maximum atomic E-state index is 13.7. The Bertz CT molecular complexity index is 1870. The van der Waals surface area contributed by atoms with E-state index in [2.05, 4.69) is 38.6 Å². The van der Waals surface area contributed by atoms with Gasteiger partial charge in [0.2, 0.25) is 0 Å². The summed E-state index contributed by atoms with van der Waals surface area (Å²) in [6.07, 6.45) is 4.57. The molecule has 216 valence electrons. The van der Waals surface area contributed by atoms with Crippen LogP contribution in [0.2, 0.25) is 0 Å². The molecule has 4 heterocycles. The molecule has 1 amide bonds. The van der Waals surface area contributed by atoms with Gasteiger partial charge in [0.1, 0.15) is 17.0 Å². The van der Waals surface area contributed by atoms with Crippen LogP contribution in [0.5, 0.6) is 5.75 Å². The van der Waals surface area contributed by atoms with Gasteiger partial charge in [0.25, 0.3) is 5.91 Å². The third-order valence-electron chi connectivity index (χ3n) is 9.91. The molecule has 0 spiro atoms. The maximum absolute atomic E-state index is 13.7. The fourth-order valence-corrected chi connectivity index (χ4v) is 7.51. The highest BCUT2D eigenvalue weighted by atomic mass is 16.5. The van der Waals surface area contributed by atoms with Crippen molar-refractivity contribution in [3.8, 4) is 28.4 Å². The molecular formula is C33H36N6O3. The van der Waals surface area contributed by atoms with Crippen molar-refractivity contribution in [2.75, 3.05) is 13.7 Å². The number of nitrogens with two attached hydrogens (primary N) is 1. The third-order valence-corrected chi connectivity index (χ3v) is 9.91. The average Bonchev–Trinajstić information content (AvgIpc) is 3.17. The number of hydrogen-bond donors (Lipinski definition) is 1. The number of benzene rings is 2. The highest BCUT2D eigenvalue weighted by Crippen LogP contribution is 2.41. The number of carbonyl (C=O) groups excluding carboxylic acids is 1. The van der Waals surface area contributed by atoms with Crippen LogP contribution < -0.4 is 10.5 Å². The van der Waals surface area contributed by atoms with Gasteiger partial charge in [-0.05, 0) is 81.2 Å². The molecule has 1 aliphatic heterocycles. The first kappa shape index (κ1) is 25.6. The van der Waals surface area contributed by atoms with Gasteiger partial charge in [0.15, 0.2) is 5.82 Å². The molecule has 3 atom stereocenters. The van der Waals surface area contributed by atoms with E-state index in [0.29, 0.717) is 23.1 Å². The molecule has 0 radical (unpaired) electrons. The SMILES string of the molecule is COc1cc(C(=O)N2C[C@H]3CC[C@@H]2[C@@H]3N)cc2nc(-c3cc4ccc(-c5c(C)noc5C)cc4n3CC3CC3)n(C)c12. The maximum Gasteiger partial charge on any atom is 0.254 e. The number of nitrogens with zero attached hydrogens (tertiary/aromatic N) is 5. The van der Waals surface area contributed by atoms with E-state index < -0.39 is 0 Å². The fourth-order valence-electron chi connectivity index (χ4n) is 7.51. The Balaban J connectivity index is 1.25. The highest BCUT2D eigenvalue weighted by molar-refractivity contribution is 6.00. The Labute approximate surface area is 244 Å². The number of rotatable bonds is 6. The van der Waals surface area contributed by atoms with Gasteiger partial charge < -0.3 is 29.0 Å². The number of piperidine rings is 1. The van der Waals surface area contributed by atoms with Crippen LogP contribution >= 0.6 is 0 Å². The zero-order chi connectivity index (χ0) is 28.9. The number of fused-ring (bicyclic) bond motifs is 4. The predicted octanol–water partition coefficient (Wildman–Crippen LogP) is 5.45. The van der Waals surface area contributed by atoms with E-state index in [0.717, 1.165) is 76.5 Å². The Hall–Kier alpha value is -4.11.